The molecule has 0 radical (unpaired) electrons. The Bertz CT molecular complexity index is 2480. The monoisotopic (exact) mass is 1410 g/mol. The molecule has 556 valence electrons. The highest BCUT2D eigenvalue weighted by Gasteiger charge is 2.30. The quantitative estimate of drug-likeness (QED) is 0.0169. The van der Waals surface area contributed by atoms with Crippen LogP contribution >= 0.6 is 15.6 Å². The SMILES string of the molecule is CC/C=C\C/C=C\C/C=C\C/C=C\C/C=C\CC(=O)OCC(COP(=O)(O)OCC(O)COP(=O)(O)OCC(COC(=O)CCCCCC/C=C\C/C=C\C/C=C\C/C=C\CC)OC(=O)CCCC/C=C\C/C=C\C/C=C\C/C=C\CC)OC(=O)CCCCCCCCCCCCC. The second-order valence-electron chi connectivity index (χ2n) is 23.8. The minimum absolute atomic E-state index is 0.0297. The summed E-state index contributed by atoms with van der Waals surface area (Å²) in [6, 6.07) is 0. The maximum atomic E-state index is 13.1. The van der Waals surface area contributed by atoms with Crippen LogP contribution in [0.3, 0.4) is 0 Å². The number of phosphoric ester groups is 2. The Morgan fingerprint density at radius 1 is 0.306 bits per heavy atom. The summed E-state index contributed by atoms with van der Waals surface area (Å²) in [4.78, 5) is 72.6. The topological polar surface area (TPSA) is 237 Å². The van der Waals surface area contributed by atoms with Crippen molar-refractivity contribution >= 4 is 39.5 Å². The smallest absolute Gasteiger partial charge is 0.462 e. The molecule has 0 aliphatic rings. The first kappa shape index (κ1) is 92.7. The van der Waals surface area contributed by atoms with Gasteiger partial charge >= 0.3 is 39.5 Å². The predicted octanol–water partition coefficient (Wildman–Crippen LogP) is 20.9. The molecule has 5 atom stereocenters. The molecule has 5 unspecified atom stereocenters. The van der Waals surface area contributed by atoms with Crippen molar-refractivity contribution in [1.29, 1.82) is 0 Å². The molecule has 0 fully saturated rings. The third-order valence-electron chi connectivity index (χ3n) is 14.5. The lowest BCUT2D eigenvalue weighted by molar-refractivity contribution is -0.161. The van der Waals surface area contributed by atoms with Crippen LogP contribution in [0.5, 0.6) is 0 Å². The molecule has 0 aromatic rings. The molecule has 0 aliphatic carbocycles. The van der Waals surface area contributed by atoms with Crippen molar-refractivity contribution in [3.63, 3.8) is 0 Å². The Balaban J connectivity index is 5.47. The summed E-state index contributed by atoms with van der Waals surface area (Å²) >= 11 is 0. The third-order valence-corrected chi connectivity index (χ3v) is 16.4. The number of hydrogen-bond acceptors (Lipinski definition) is 15. The molecule has 3 N–H and O–H groups in total. The summed E-state index contributed by atoms with van der Waals surface area (Å²) in [7, 11) is -10.00. The van der Waals surface area contributed by atoms with E-state index in [2.05, 4.69) is 161 Å². The first-order valence-electron chi connectivity index (χ1n) is 36.7. The van der Waals surface area contributed by atoms with Gasteiger partial charge < -0.3 is 33.8 Å². The van der Waals surface area contributed by atoms with Crippen LogP contribution in [-0.4, -0.2) is 96.7 Å². The number of aliphatic hydroxyl groups excluding tert-OH is 1. The highest BCUT2D eigenvalue weighted by Crippen LogP contribution is 2.45. The first-order chi connectivity index (χ1) is 47.7. The molecule has 98 heavy (non-hydrogen) atoms. The lowest BCUT2D eigenvalue weighted by atomic mass is 10.1. The van der Waals surface area contributed by atoms with Crippen LogP contribution < -0.4 is 0 Å². The number of rotatable bonds is 67. The minimum atomic E-state index is -5.00. The Kier molecular flexibility index (Phi) is 66.3. The fourth-order valence-electron chi connectivity index (χ4n) is 9.04. The molecule has 0 aliphatic heterocycles. The fourth-order valence-corrected chi connectivity index (χ4v) is 10.6. The predicted molar refractivity (Wildman–Crippen MR) is 399 cm³/mol. The molecule has 0 bridgehead atoms. The summed E-state index contributed by atoms with van der Waals surface area (Å²) in [6.45, 7) is 4.29. The number of carbonyl (C=O) groups is 4. The molecule has 19 heteroatoms. The second-order valence-corrected chi connectivity index (χ2v) is 26.7. The van der Waals surface area contributed by atoms with Gasteiger partial charge in [0, 0.05) is 19.3 Å². The van der Waals surface area contributed by atoms with Crippen molar-refractivity contribution in [1.82, 2.24) is 0 Å². The Hall–Kier alpha value is -5.32. The van der Waals surface area contributed by atoms with Crippen molar-refractivity contribution in [3.8, 4) is 0 Å². The van der Waals surface area contributed by atoms with Gasteiger partial charge in [-0.25, -0.2) is 9.13 Å². The summed E-state index contributed by atoms with van der Waals surface area (Å²) in [6.07, 6.45) is 80.0. The van der Waals surface area contributed by atoms with E-state index in [1.807, 2.05) is 18.2 Å². The highest BCUT2D eigenvalue weighted by atomic mass is 31.2. The van der Waals surface area contributed by atoms with E-state index in [4.69, 9.17) is 37.0 Å². The average Bonchev–Trinajstić information content (AvgIpc) is 0.985. The van der Waals surface area contributed by atoms with Gasteiger partial charge in [-0.3, -0.25) is 37.3 Å². The van der Waals surface area contributed by atoms with Gasteiger partial charge in [0.1, 0.15) is 19.3 Å². The molecule has 0 rings (SSSR count). The van der Waals surface area contributed by atoms with E-state index in [0.717, 1.165) is 135 Å². The zero-order valence-corrected chi connectivity index (χ0v) is 62.2. The molecule has 0 aromatic heterocycles. The molecule has 0 amide bonds. The standard InChI is InChI=1S/C79H128O17P2/c1-5-9-13-17-21-25-29-32-35-36-39-41-45-48-52-56-60-64-77(82)90-70-75(96-79(84)66-62-58-54-50-46-42-38-34-31-27-23-19-15-11-7-3)72-94-98(87,88)92-68-73(80)67-91-97(85,86)93-71-74(95-78(83)65-61-57-53-49-43-28-24-20-16-12-8-4)69-89-76(81)63-59-55-51-47-44-40-37-33-30-26-22-18-14-10-6-2/h9-11,13-15,21-23,25-27,32-35,37-39,41,44,46-47,50,55,59,73-75,80H,5-8,12,16-20,24,28-31,36,40,42-43,45,48-49,51-54,56-58,60-72H2,1-4H3,(H,85,86)(H,87,88)/b13-9-,14-10-,15-11-,25-21-,26-22-,27-23-,35-32-,37-33-,38-34-,41-39-,47-44-,50-46-,59-55-. The maximum Gasteiger partial charge on any atom is 0.472 e. The summed E-state index contributed by atoms with van der Waals surface area (Å²) in [5.74, 6) is -2.41. The Morgan fingerprint density at radius 3 is 0.929 bits per heavy atom. The molecule has 17 nitrogen and oxygen atoms in total. The number of esters is 4. The van der Waals surface area contributed by atoms with Crippen LogP contribution in [0.25, 0.3) is 0 Å². The van der Waals surface area contributed by atoms with Crippen LogP contribution in [0.2, 0.25) is 0 Å². The van der Waals surface area contributed by atoms with Crippen molar-refractivity contribution in [2.75, 3.05) is 39.6 Å². The number of aliphatic hydroxyl groups is 1. The summed E-state index contributed by atoms with van der Waals surface area (Å²) in [5.41, 5.74) is 0. The maximum absolute atomic E-state index is 13.1. The first-order valence-corrected chi connectivity index (χ1v) is 39.7. The molecule has 0 heterocycles. The Morgan fingerprint density at radius 2 is 0.571 bits per heavy atom. The fraction of sp³-hybridized carbons (Fsp3) is 0.620. The summed E-state index contributed by atoms with van der Waals surface area (Å²) in [5, 5.41) is 10.6. The molecular weight excluding hydrogens is 1280 g/mol. The number of carbonyl (C=O) groups excluding carboxylic acids is 4. The number of unbranched alkanes of at least 4 members (excludes halogenated alkanes) is 16. The van der Waals surface area contributed by atoms with E-state index >= 15 is 0 Å². The van der Waals surface area contributed by atoms with E-state index in [-0.39, 0.29) is 25.7 Å². The van der Waals surface area contributed by atoms with E-state index in [9.17, 15) is 43.2 Å². The van der Waals surface area contributed by atoms with Crippen molar-refractivity contribution in [2.24, 2.45) is 0 Å². The number of phosphoric acid groups is 2. The van der Waals surface area contributed by atoms with E-state index in [1.54, 1.807) is 6.08 Å². The molecule has 0 aromatic carbocycles. The summed E-state index contributed by atoms with van der Waals surface area (Å²) < 4.78 is 68.2. The van der Waals surface area contributed by atoms with Gasteiger partial charge in [0.2, 0.25) is 0 Å². The van der Waals surface area contributed by atoms with Gasteiger partial charge in [0.25, 0.3) is 0 Å². The molecule has 0 spiro atoms. The lowest BCUT2D eigenvalue weighted by Crippen LogP contribution is -2.30. The van der Waals surface area contributed by atoms with Gasteiger partial charge in [-0.15, -0.1) is 0 Å². The van der Waals surface area contributed by atoms with E-state index in [0.29, 0.717) is 32.1 Å². The minimum Gasteiger partial charge on any atom is -0.462 e. The van der Waals surface area contributed by atoms with Gasteiger partial charge in [0.15, 0.2) is 12.2 Å². The van der Waals surface area contributed by atoms with E-state index in [1.165, 1.54) is 38.5 Å². The third kappa shape index (κ3) is 69.2. The van der Waals surface area contributed by atoms with Gasteiger partial charge in [0.05, 0.1) is 32.8 Å². The van der Waals surface area contributed by atoms with Crippen LogP contribution in [0, 0.1) is 0 Å². The van der Waals surface area contributed by atoms with Gasteiger partial charge in [-0.1, -0.05) is 263 Å². The molecule has 0 saturated carbocycles. The zero-order valence-electron chi connectivity index (χ0n) is 60.4. The highest BCUT2D eigenvalue weighted by molar-refractivity contribution is 7.47. The molecular formula is C79H128O17P2. The lowest BCUT2D eigenvalue weighted by Gasteiger charge is -2.21. The van der Waals surface area contributed by atoms with E-state index < -0.39 is 97.5 Å². The normalized spacial score (nSPS) is 14.9. The number of ether oxygens (including phenoxy) is 4. The average molecular weight is 1410 g/mol. The van der Waals surface area contributed by atoms with Crippen LogP contribution in [0.15, 0.2) is 158 Å². The largest absolute Gasteiger partial charge is 0.472 e. The number of allylic oxidation sites excluding steroid dienone is 25. The van der Waals surface area contributed by atoms with Crippen molar-refractivity contribution in [3.05, 3.63) is 158 Å². The molecule has 0 saturated heterocycles. The van der Waals surface area contributed by atoms with Gasteiger partial charge in [-0.05, 0) is 128 Å². The van der Waals surface area contributed by atoms with Crippen LogP contribution in [-0.2, 0) is 65.4 Å². The zero-order chi connectivity index (χ0) is 71.8. The van der Waals surface area contributed by atoms with Crippen molar-refractivity contribution in [2.45, 2.75) is 277 Å². The van der Waals surface area contributed by atoms with Crippen LogP contribution in [0.4, 0.5) is 0 Å². The number of hydrogen-bond donors (Lipinski definition) is 3. The van der Waals surface area contributed by atoms with Gasteiger partial charge in [-0.2, -0.15) is 0 Å². The van der Waals surface area contributed by atoms with Crippen LogP contribution in [0.1, 0.15) is 259 Å². The van der Waals surface area contributed by atoms with Crippen molar-refractivity contribution < 1.29 is 80.2 Å². The second kappa shape index (κ2) is 70.1. The Labute approximate surface area is 591 Å².